The topological polar surface area (TPSA) is 81.8 Å². The fourth-order valence-corrected chi connectivity index (χ4v) is 5.12. The Labute approximate surface area is 203 Å². The first-order valence-corrected chi connectivity index (χ1v) is 12.1. The van der Waals surface area contributed by atoms with E-state index in [1.54, 1.807) is 36.4 Å². The highest BCUT2D eigenvalue weighted by Crippen LogP contribution is 2.32. The number of allylic oxidation sites excluding steroid dienone is 2. The molecule has 2 aromatic rings. The summed E-state index contributed by atoms with van der Waals surface area (Å²) >= 11 is 0. The number of halogens is 1. The van der Waals surface area contributed by atoms with Gasteiger partial charge in [0.05, 0.1) is 17.5 Å². The quantitative estimate of drug-likeness (QED) is 0.650. The van der Waals surface area contributed by atoms with Crippen molar-refractivity contribution in [1.29, 1.82) is 0 Å². The molecule has 182 valence electrons. The summed E-state index contributed by atoms with van der Waals surface area (Å²) in [6.45, 7) is 2.44. The third-order valence-corrected chi connectivity index (χ3v) is 7.14. The minimum atomic E-state index is -0.369. The van der Waals surface area contributed by atoms with Gasteiger partial charge < -0.3 is 5.32 Å². The van der Waals surface area contributed by atoms with Gasteiger partial charge in [0.15, 0.2) is 0 Å². The fourth-order valence-electron chi connectivity index (χ4n) is 5.12. The first-order valence-electron chi connectivity index (χ1n) is 12.1. The molecule has 0 spiro atoms. The van der Waals surface area contributed by atoms with E-state index in [-0.39, 0.29) is 41.4 Å². The first-order chi connectivity index (χ1) is 17.0. The van der Waals surface area contributed by atoms with Gasteiger partial charge in [0.2, 0.25) is 11.8 Å². The number of amides is 3. The van der Waals surface area contributed by atoms with Crippen molar-refractivity contribution in [1.82, 2.24) is 15.6 Å². The van der Waals surface area contributed by atoms with Gasteiger partial charge in [-0.3, -0.25) is 24.7 Å². The van der Waals surface area contributed by atoms with E-state index in [2.05, 4.69) is 15.6 Å². The number of hydrogen-bond donors (Lipinski definition) is 2. The Morgan fingerprint density at radius 2 is 1.71 bits per heavy atom. The Hall–Kier alpha value is -3.52. The van der Waals surface area contributed by atoms with Crippen molar-refractivity contribution in [3.63, 3.8) is 0 Å². The standard InChI is InChI=1S/C27H29FN4O3/c28-20-10-8-18(9-11-20)17-31-14-12-21(13-15-31)29-25(33)19-4-3-5-22(16-19)32-27(35)24-7-2-1-6-23(24)26(34)30-32/h1-5,8-11,16,21,23-24H,6-7,12-15,17H2,(H,29,33)(H,30,34). The Balaban J connectivity index is 1.18. The minimum Gasteiger partial charge on any atom is -0.349 e. The van der Waals surface area contributed by atoms with E-state index in [1.807, 2.05) is 12.2 Å². The number of carbonyl (C=O) groups is 3. The van der Waals surface area contributed by atoms with Crippen LogP contribution in [0, 0.1) is 17.7 Å². The number of nitrogens with zero attached hydrogens (tertiary/aromatic N) is 2. The lowest BCUT2D eigenvalue weighted by Crippen LogP contribution is -2.59. The van der Waals surface area contributed by atoms with E-state index in [0.29, 0.717) is 24.1 Å². The number of fused-ring (bicyclic) bond motifs is 1. The van der Waals surface area contributed by atoms with Crippen LogP contribution in [0.15, 0.2) is 60.7 Å². The summed E-state index contributed by atoms with van der Waals surface area (Å²) in [6, 6.07) is 13.4. The van der Waals surface area contributed by atoms with E-state index in [0.717, 1.165) is 38.0 Å². The Kier molecular flexibility index (Phi) is 6.63. The lowest BCUT2D eigenvalue weighted by Gasteiger charge is -2.38. The number of nitrogens with one attached hydrogen (secondary N) is 2. The lowest BCUT2D eigenvalue weighted by atomic mass is 9.80. The molecule has 2 saturated heterocycles. The van der Waals surface area contributed by atoms with Crippen molar-refractivity contribution in [2.45, 2.75) is 38.3 Å². The number of anilines is 1. The Morgan fingerprint density at radius 3 is 2.46 bits per heavy atom. The third-order valence-electron chi connectivity index (χ3n) is 7.14. The van der Waals surface area contributed by atoms with Crippen LogP contribution in [0.3, 0.4) is 0 Å². The first kappa shape index (κ1) is 23.2. The maximum Gasteiger partial charge on any atom is 0.251 e. The third kappa shape index (κ3) is 5.12. The molecule has 2 aliphatic heterocycles. The molecule has 5 rings (SSSR count). The Bertz CT molecular complexity index is 1140. The number of hydrazine groups is 1. The maximum absolute atomic E-state index is 13.1. The van der Waals surface area contributed by atoms with Crippen LogP contribution in [0.25, 0.3) is 0 Å². The highest BCUT2D eigenvalue weighted by atomic mass is 19.1. The van der Waals surface area contributed by atoms with Crippen LogP contribution in [0.2, 0.25) is 0 Å². The normalized spacial score (nSPS) is 23.1. The highest BCUT2D eigenvalue weighted by molar-refractivity contribution is 6.05. The van der Waals surface area contributed by atoms with Crippen molar-refractivity contribution in [3.8, 4) is 0 Å². The zero-order chi connectivity index (χ0) is 24.4. The SMILES string of the molecule is O=C(NC1CCN(Cc2ccc(F)cc2)CC1)c1cccc(N2NC(=O)C3CC=CCC3C2=O)c1. The molecule has 2 heterocycles. The average Bonchev–Trinajstić information content (AvgIpc) is 2.89. The molecule has 7 nitrogen and oxygen atoms in total. The molecule has 2 unspecified atom stereocenters. The number of carbonyl (C=O) groups excluding carboxylic acids is 3. The van der Waals surface area contributed by atoms with Crippen molar-refractivity contribution >= 4 is 23.4 Å². The molecule has 3 aliphatic rings. The van der Waals surface area contributed by atoms with Crippen molar-refractivity contribution in [2.75, 3.05) is 18.1 Å². The molecule has 2 atom stereocenters. The zero-order valence-corrected chi connectivity index (χ0v) is 19.5. The summed E-state index contributed by atoms with van der Waals surface area (Å²) < 4.78 is 13.1. The van der Waals surface area contributed by atoms with Crippen LogP contribution >= 0.6 is 0 Å². The zero-order valence-electron chi connectivity index (χ0n) is 19.5. The van der Waals surface area contributed by atoms with Gasteiger partial charge in [0, 0.05) is 31.2 Å². The Morgan fingerprint density at radius 1 is 1.00 bits per heavy atom. The lowest BCUT2D eigenvalue weighted by molar-refractivity contribution is -0.139. The molecule has 8 heteroatoms. The van der Waals surface area contributed by atoms with Gasteiger partial charge in [-0.1, -0.05) is 30.4 Å². The monoisotopic (exact) mass is 476 g/mol. The molecule has 0 saturated carbocycles. The molecular weight excluding hydrogens is 447 g/mol. The van der Waals surface area contributed by atoms with E-state index < -0.39 is 0 Å². The molecule has 3 amide bonds. The van der Waals surface area contributed by atoms with Gasteiger partial charge in [0.25, 0.3) is 5.91 Å². The van der Waals surface area contributed by atoms with Crippen LogP contribution in [0.5, 0.6) is 0 Å². The molecule has 35 heavy (non-hydrogen) atoms. The van der Waals surface area contributed by atoms with Crippen LogP contribution in [-0.4, -0.2) is 41.8 Å². The number of piperidine rings is 1. The minimum absolute atomic E-state index is 0.0572. The smallest absolute Gasteiger partial charge is 0.251 e. The molecule has 1 aliphatic carbocycles. The molecule has 0 radical (unpaired) electrons. The average molecular weight is 477 g/mol. The second kappa shape index (κ2) is 10.00. The van der Waals surface area contributed by atoms with Gasteiger partial charge in [0.1, 0.15) is 5.82 Å². The van der Waals surface area contributed by atoms with Gasteiger partial charge in [-0.2, -0.15) is 0 Å². The van der Waals surface area contributed by atoms with Gasteiger partial charge in [-0.15, -0.1) is 0 Å². The van der Waals surface area contributed by atoms with Crippen LogP contribution in [0.1, 0.15) is 41.6 Å². The maximum atomic E-state index is 13.1. The molecule has 2 fully saturated rings. The molecule has 0 aromatic heterocycles. The van der Waals surface area contributed by atoms with E-state index in [1.165, 1.54) is 17.1 Å². The second-order valence-electron chi connectivity index (χ2n) is 9.51. The highest BCUT2D eigenvalue weighted by Gasteiger charge is 2.42. The van der Waals surface area contributed by atoms with Gasteiger partial charge in [-0.05, 0) is 61.6 Å². The summed E-state index contributed by atoms with van der Waals surface area (Å²) in [5.74, 6) is -1.44. The van der Waals surface area contributed by atoms with Gasteiger partial charge in [-0.25, -0.2) is 9.40 Å². The van der Waals surface area contributed by atoms with Crippen molar-refractivity contribution in [3.05, 3.63) is 77.6 Å². The summed E-state index contributed by atoms with van der Waals surface area (Å²) in [7, 11) is 0. The summed E-state index contributed by atoms with van der Waals surface area (Å²) in [5.41, 5.74) is 4.71. The number of rotatable bonds is 5. The van der Waals surface area contributed by atoms with Crippen LogP contribution < -0.4 is 15.8 Å². The predicted molar refractivity (Wildman–Crippen MR) is 130 cm³/mol. The summed E-state index contributed by atoms with van der Waals surface area (Å²) in [6.07, 6.45) is 6.66. The largest absolute Gasteiger partial charge is 0.349 e. The molecule has 0 bridgehead atoms. The molecule has 2 N–H and O–H groups in total. The van der Waals surface area contributed by atoms with Crippen LogP contribution in [-0.2, 0) is 16.1 Å². The van der Waals surface area contributed by atoms with Crippen molar-refractivity contribution < 1.29 is 18.8 Å². The number of hydrogen-bond acceptors (Lipinski definition) is 4. The fraction of sp³-hybridized carbons (Fsp3) is 0.370. The molecule has 2 aromatic carbocycles. The van der Waals surface area contributed by atoms with Crippen molar-refractivity contribution in [2.24, 2.45) is 11.8 Å². The van der Waals surface area contributed by atoms with E-state index in [4.69, 9.17) is 0 Å². The number of benzene rings is 2. The predicted octanol–water partition coefficient (Wildman–Crippen LogP) is 3.18. The van der Waals surface area contributed by atoms with Crippen LogP contribution in [0.4, 0.5) is 10.1 Å². The molecular formula is C27H29FN4O3. The van der Waals surface area contributed by atoms with E-state index in [9.17, 15) is 18.8 Å². The number of likely N-dealkylation sites (tertiary alicyclic amines) is 1. The van der Waals surface area contributed by atoms with E-state index >= 15 is 0 Å². The summed E-state index contributed by atoms with van der Waals surface area (Å²) in [4.78, 5) is 40.9. The second-order valence-corrected chi connectivity index (χ2v) is 9.51. The summed E-state index contributed by atoms with van der Waals surface area (Å²) in [5, 5.41) is 4.39. The van der Waals surface area contributed by atoms with Gasteiger partial charge >= 0.3 is 0 Å².